The Morgan fingerprint density at radius 1 is 1.27 bits per heavy atom. The quantitative estimate of drug-likeness (QED) is 0.696. The Bertz CT molecular complexity index is 800. The fraction of sp³-hybridized carbons (Fsp3) is 0.500. The van der Waals surface area contributed by atoms with Crippen LogP contribution in [0.3, 0.4) is 0 Å². The Hall–Kier alpha value is -1.92. The third-order valence-electron chi connectivity index (χ3n) is 4.37. The molecule has 1 heterocycles. The topological polar surface area (TPSA) is 51.4 Å². The Morgan fingerprint density at radius 2 is 2.04 bits per heavy atom. The summed E-state index contributed by atoms with van der Waals surface area (Å²) >= 11 is 5.57. The van der Waals surface area contributed by atoms with Crippen molar-refractivity contribution in [3.8, 4) is 0 Å². The van der Waals surface area contributed by atoms with Crippen LogP contribution in [0.2, 0.25) is 0 Å². The molecule has 0 bridgehead atoms. The second-order valence-corrected chi connectivity index (χ2v) is 7.36. The molecular weight excluding hydrogens is 344 g/mol. The van der Waals surface area contributed by atoms with Crippen LogP contribution in [0.1, 0.15) is 30.9 Å². The van der Waals surface area contributed by atoms with Gasteiger partial charge in [0.15, 0.2) is 5.11 Å². The van der Waals surface area contributed by atoms with Crippen molar-refractivity contribution in [3.63, 3.8) is 0 Å². The molecule has 1 aromatic carbocycles. The maximum Gasteiger partial charge on any atom is 0.253 e. The van der Waals surface area contributed by atoms with Gasteiger partial charge < -0.3 is 20.1 Å². The third kappa shape index (κ3) is 5.54. The van der Waals surface area contributed by atoms with Gasteiger partial charge in [-0.3, -0.25) is 4.79 Å². The van der Waals surface area contributed by atoms with Crippen LogP contribution in [0.25, 0.3) is 10.9 Å². The lowest BCUT2D eigenvalue weighted by molar-refractivity contribution is 0.340. The smallest absolute Gasteiger partial charge is 0.253 e. The van der Waals surface area contributed by atoms with Crippen molar-refractivity contribution in [2.24, 2.45) is 0 Å². The van der Waals surface area contributed by atoms with Gasteiger partial charge in [0.05, 0.1) is 12.1 Å². The average molecular weight is 375 g/mol. The predicted molar refractivity (Wildman–Crippen MR) is 114 cm³/mol. The van der Waals surface area contributed by atoms with E-state index in [1.807, 2.05) is 31.2 Å². The van der Waals surface area contributed by atoms with Crippen LogP contribution in [0, 0.1) is 6.92 Å². The second-order valence-electron chi connectivity index (χ2n) is 6.97. The van der Waals surface area contributed by atoms with Crippen LogP contribution >= 0.6 is 12.2 Å². The van der Waals surface area contributed by atoms with Gasteiger partial charge in [-0.15, -0.1) is 0 Å². The monoisotopic (exact) mass is 374 g/mol. The van der Waals surface area contributed by atoms with E-state index in [1.54, 1.807) is 0 Å². The molecule has 0 saturated heterocycles. The first-order chi connectivity index (χ1) is 12.4. The van der Waals surface area contributed by atoms with Gasteiger partial charge in [-0.25, -0.2) is 0 Å². The van der Waals surface area contributed by atoms with E-state index in [1.165, 1.54) is 0 Å². The Labute approximate surface area is 161 Å². The van der Waals surface area contributed by atoms with Crippen LogP contribution in [0.15, 0.2) is 29.1 Å². The first-order valence-electron chi connectivity index (χ1n) is 9.21. The van der Waals surface area contributed by atoms with Crippen molar-refractivity contribution in [2.45, 2.75) is 33.2 Å². The Kier molecular flexibility index (Phi) is 7.60. The van der Waals surface area contributed by atoms with Crippen molar-refractivity contribution >= 4 is 28.2 Å². The zero-order valence-corrected chi connectivity index (χ0v) is 17.1. The van der Waals surface area contributed by atoms with Crippen molar-refractivity contribution in [1.29, 1.82) is 0 Å². The van der Waals surface area contributed by atoms with Gasteiger partial charge in [-0.05, 0) is 69.6 Å². The summed E-state index contributed by atoms with van der Waals surface area (Å²) in [6.45, 7) is 7.29. The van der Waals surface area contributed by atoms with Crippen LogP contribution in [-0.2, 0) is 6.54 Å². The lowest BCUT2D eigenvalue weighted by Crippen LogP contribution is -2.41. The van der Waals surface area contributed by atoms with Crippen molar-refractivity contribution < 1.29 is 0 Å². The predicted octanol–water partition coefficient (Wildman–Crippen LogP) is 2.87. The molecule has 142 valence electrons. The molecule has 6 heteroatoms. The van der Waals surface area contributed by atoms with Crippen molar-refractivity contribution in [2.75, 3.05) is 33.7 Å². The minimum atomic E-state index is -0.0392. The van der Waals surface area contributed by atoms with Gasteiger partial charge in [0, 0.05) is 18.7 Å². The molecule has 0 saturated carbocycles. The molecule has 0 spiro atoms. The second kappa shape index (κ2) is 9.69. The first kappa shape index (κ1) is 20.4. The fourth-order valence-electron chi connectivity index (χ4n) is 2.93. The van der Waals surface area contributed by atoms with Crippen LogP contribution in [0.5, 0.6) is 0 Å². The highest BCUT2D eigenvalue weighted by Crippen LogP contribution is 2.16. The lowest BCUT2D eigenvalue weighted by atomic mass is 10.1. The number of pyridine rings is 1. The molecule has 0 amide bonds. The van der Waals surface area contributed by atoms with Crippen LogP contribution in [0.4, 0.5) is 0 Å². The number of fused-ring (bicyclic) bond motifs is 1. The maximum atomic E-state index is 12.6. The van der Waals surface area contributed by atoms with Crippen molar-refractivity contribution in [1.82, 2.24) is 20.1 Å². The highest BCUT2D eigenvalue weighted by Gasteiger charge is 2.13. The number of nitrogens with one attached hydrogen (secondary N) is 2. The fourth-order valence-corrected chi connectivity index (χ4v) is 3.18. The summed E-state index contributed by atoms with van der Waals surface area (Å²) in [5, 5.41) is 5.06. The summed E-state index contributed by atoms with van der Waals surface area (Å²) in [5.41, 5.74) is 2.69. The van der Waals surface area contributed by atoms with Crippen LogP contribution < -0.4 is 10.9 Å². The number of nitrogens with zero attached hydrogens (tertiary/aromatic N) is 2. The van der Waals surface area contributed by atoms with E-state index in [4.69, 9.17) is 12.2 Å². The summed E-state index contributed by atoms with van der Waals surface area (Å²) in [6.07, 6.45) is 2.01. The molecule has 2 N–H and O–H groups in total. The molecule has 2 rings (SSSR count). The summed E-state index contributed by atoms with van der Waals surface area (Å²) in [6, 6.07) is 8.05. The summed E-state index contributed by atoms with van der Waals surface area (Å²) in [7, 11) is 4.13. The number of H-pyrrole nitrogens is 1. The standard InChI is InChI=1S/C20H30N4OS/c1-5-10-21-20(26)24(12-7-11-23(3)4)14-17-13-16-9-6-8-15(2)18(16)22-19(17)25/h6,8-9,13H,5,7,10-12,14H2,1-4H3,(H,21,26)(H,22,25). The normalized spacial score (nSPS) is 11.1. The lowest BCUT2D eigenvalue weighted by Gasteiger charge is -2.26. The molecular formula is C20H30N4OS. The highest BCUT2D eigenvalue weighted by atomic mass is 32.1. The minimum Gasteiger partial charge on any atom is -0.363 e. The van der Waals surface area contributed by atoms with E-state index in [0.29, 0.717) is 11.7 Å². The number of hydrogen-bond acceptors (Lipinski definition) is 3. The van der Waals surface area contributed by atoms with Gasteiger partial charge in [-0.1, -0.05) is 25.1 Å². The number of rotatable bonds is 8. The molecule has 26 heavy (non-hydrogen) atoms. The van der Waals surface area contributed by atoms with E-state index in [-0.39, 0.29) is 5.56 Å². The number of para-hydroxylation sites is 1. The van der Waals surface area contributed by atoms with Gasteiger partial charge >= 0.3 is 0 Å². The van der Waals surface area contributed by atoms with E-state index < -0.39 is 0 Å². The first-order valence-corrected chi connectivity index (χ1v) is 9.62. The Morgan fingerprint density at radius 3 is 2.73 bits per heavy atom. The number of aromatic amines is 1. The highest BCUT2D eigenvalue weighted by molar-refractivity contribution is 7.80. The van der Waals surface area contributed by atoms with Crippen molar-refractivity contribution in [3.05, 3.63) is 45.7 Å². The van der Waals surface area contributed by atoms with E-state index >= 15 is 0 Å². The van der Waals surface area contributed by atoms with Gasteiger partial charge in [-0.2, -0.15) is 0 Å². The largest absolute Gasteiger partial charge is 0.363 e. The number of aryl methyl sites for hydroxylation is 1. The Balaban J connectivity index is 2.22. The number of benzene rings is 1. The van der Waals surface area contributed by atoms with E-state index in [9.17, 15) is 4.79 Å². The zero-order valence-electron chi connectivity index (χ0n) is 16.3. The summed E-state index contributed by atoms with van der Waals surface area (Å²) in [4.78, 5) is 19.9. The summed E-state index contributed by atoms with van der Waals surface area (Å²) in [5.74, 6) is 0. The molecule has 0 aliphatic heterocycles. The average Bonchev–Trinajstić information content (AvgIpc) is 2.60. The van der Waals surface area contributed by atoms with Gasteiger partial charge in [0.2, 0.25) is 0 Å². The third-order valence-corrected chi connectivity index (χ3v) is 4.78. The molecule has 1 aromatic heterocycles. The maximum absolute atomic E-state index is 12.6. The molecule has 0 radical (unpaired) electrons. The zero-order chi connectivity index (χ0) is 19.1. The minimum absolute atomic E-state index is 0.0392. The molecule has 2 aromatic rings. The molecule has 0 unspecified atom stereocenters. The van der Waals surface area contributed by atoms with E-state index in [2.05, 4.69) is 41.1 Å². The number of aromatic nitrogens is 1. The van der Waals surface area contributed by atoms with Gasteiger partial charge in [0.1, 0.15) is 0 Å². The van der Waals surface area contributed by atoms with E-state index in [0.717, 1.165) is 54.5 Å². The molecule has 5 nitrogen and oxygen atoms in total. The van der Waals surface area contributed by atoms with Crippen LogP contribution in [-0.4, -0.2) is 53.6 Å². The summed E-state index contributed by atoms with van der Waals surface area (Å²) < 4.78 is 0. The molecule has 0 aliphatic carbocycles. The number of hydrogen-bond donors (Lipinski definition) is 2. The molecule has 0 aliphatic rings. The molecule has 0 atom stereocenters. The van der Waals surface area contributed by atoms with Gasteiger partial charge in [0.25, 0.3) is 5.56 Å². The molecule has 0 fully saturated rings. The number of thiocarbonyl (C=S) groups is 1. The SMILES string of the molecule is CCCNC(=S)N(CCCN(C)C)Cc1cc2cccc(C)c2[nH]c1=O.